The Morgan fingerprint density at radius 2 is 1.17 bits per heavy atom. The lowest BCUT2D eigenvalue weighted by atomic mass is 9.92. The summed E-state index contributed by atoms with van der Waals surface area (Å²) < 4.78 is 309. The molecule has 3 aliphatic rings. The Kier molecular flexibility index (Phi) is 6.75. The maximum atomic E-state index is 12.8. The van der Waals surface area contributed by atoms with Gasteiger partial charge in [-0.1, -0.05) is 20.6 Å². The second-order valence-corrected chi connectivity index (χ2v) is 14.2. The molecule has 3 N–H and O–H groups in total. The summed E-state index contributed by atoms with van der Waals surface area (Å²) in [6.07, 6.45) is -5.78. The molecule has 6 aromatic heterocycles. The number of carbonyl (C=O) groups excluding carboxylic acids is 3. The maximum Gasteiger partial charge on any atom is 0.302 e. The first-order valence-corrected chi connectivity index (χ1v) is 19.9. The lowest BCUT2D eigenvalue weighted by Gasteiger charge is -2.41. The van der Waals surface area contributed by atoms with Crippen LogP contribution >= 0.6 is 0 Å². The Labute approximate surface area is 460 Å². The molecule has 0 spiro atoms. The molecule has 0 aliphatic carbocycles. The van der Waals surface area contributed by atoms with Crippen LogP contribution in [-0.4, -0.2) is 175 Å². The molecule has 0 bridgehead atoms. The van der Waals surface area contributed by atoms with Crippen LogP contribution in [0.4, 0.5) is 17.5 Å². The number of rotatable bonds is 9. The van der Waals surface area contributed by atoms with Gasteiger partial charge in [0.2, 0.25) is 0 Å². The Balaban J connectivity index is 0.000000224. The zero-order valence-corrected chi connectivity index (χ0v) is 36.3. The molecular weight excluding hydrogens is 889 g/mol. The number of aromatic amines is 3. The molecule has 70 heavy (non-hydrogen) atoms. The number of amides is 3. The van der Waals surface area contributed by atoms with Crippen LogP contribution in [0.15, 0.2) is 49.6 Å². The molecule has 0 aromatic carbocycles. The molecule has 0 saturated carbocycles. The van der Waals surface area contributed by atoms with Crippen molar-refractivity contribution in [3.05, 3.63) is 89.5 Å². The number of aromatic nitrogens is 9. The fourth-order valence-electron chi connectivity index (χ4n) is 6.34. The molecule has 21 heteroatoms. The second kappa shape index (κ2) is 22.5. The molecule has 6 aromatic rings. The third-order valence-corrected chi connectivity index (χ3v) is 9.62. The van der Waals surface area contributed by atoms with Gasteiger partial charge in [0.15, 0.2) is 0 Å². The first kappa shape index (κ1) is 21.0. The van der Waals surface area contributed by atoms with Crippen LogP contribution in [0.3, 0.4) is 0 Å². The largest absolute Gasteiger partial charge is 0.354 e. The van der Waals surface area contributed by atoms with Gasteiger partial charge >= 0.3 is 17.7 Å². The zero-order valence-electron chi connectivity index (χ0n) is 73.3. The van der Waals surface area contributed by atoms with E-state index in [0.717, 1.165) is 23.9 Å². The zero-order chi connectivity index (χ0) is 82.3. The van der Waals surface area contributed by atoms with Crippen molar-refractivity contribution in [3.8, 4) is 0 Å². The molecule has 3 saturated heterocycles. The molecule has 3 aliphatic heterocycles. The summed E-state index contributed by atoms with van der Waals surface area (Å²) in [6, 6.07) is -7.43. The van der Waals surface area contributed by atoms with E-state index in [-0.39, 0.29) is 64.6 Å². The Hall–Kier alpha value is -7.86. The number of likely N-dealkylation sites (N-methyl/N-ethyl adjacent to an activating group) is 3. The number of H-pyrrole nitrogens is 3. The highest BCUT2D eigenvalue weighted by atomic mass is 16.2. The summed E-state index contributed by atoms with van der Waals surface area (Å²) in [5, 5.41) is -0.147. The van der Waals surface area contributed by atoms with Crippen LogP contribution in [0.25, 0.3) is 47.6 Å². The van der Waals surface area contributed by atoms with Crippen LogP contribution in [-0.2, 0) is 14.4 Å². The summed E-state index contributed by atoms with van der Waals surface area (Å²) >= 11 is 0. The molecular formula is C49H62N18O3. The van der Waals surface area contributed by atoms with Crippen molar-refractivity contribution < 1.29 is 65.1 Å². The van der Waals surface area contributed by atoms with E-state index in [1.54, 1.807) is 6.92 Å². The molecule has 366 valence electrons. The molecule has 0 radical (unpaired) electrons. The molecule has 9 rings (SSSR count). The van der Waals surface area contributed by atoms with Crippen molar-refractivity contribution in [1.29, 1.82) is 0 Å². The van der Waals surface area contributed by atoms with Gasteiger partial charge in [0.25, 0.3) is 19.6 Å². The summed E-state index contributed by atoms with van der Waals surface area (Å²) in [5.41, 5.74) is 0.604. The first-order chi connectivity index (χ1) is 48.2. The molecule has 21 nitrogen and oxygen atoms in total. The molecule has 3 fully saturated rings. The predicted octanol–water partition coefficient (Wildman–Crippen LogP) is 4.96. The van der Waals surface area contributed by atoms with E-state index >= 15 is 0 Å². The van der Waals surface area contributed by atoms with Gasteiger partial charge in [-0.25, -0.2) is 49.6 Å². The van der Waals surface area contributed by atoms with Gasteiger partial charge in [0.05, 0.1) is 46.6 Å². The molecule has 0 unspecified atom stereocenters. The van der Waals surface area contributed by atoms with E-state index < -0.39 is 182 Å². The van der Waals surface area contributed by atoms with Crippen LogP contribution in [0.5, 0.6) is 0 Å². The Bertz CT molecular complexity index is 4540. The number of fused-ring (bicyclic) bond motifs is 3. The second-order valence-electron chi connectivity index (χ2n) is 14.2. The highest BCUT2D eigenvalue weighted by molar-refractivity contribution is 5.89. The number of piperidine rings is 3. The van der Waals surface area contributed by atoms with E-state index in [0.29, 0.717) is 5.69 Å². The van der Waals surface area contributed by atoms with Crippen LogP contribution in [0.2, 0.25) is 0 Å². The SMILES string of the molecule is [2H]C([2H])([2H])N(c1ncnc2[nH]ccc12)[C@@]1([2H])C([2H])([2H])N(C(=O)C[N+]#[C-])C([2H])([2H])C([2H])([2H])[C@@]1([2H])C([2H])([2H])[2H].[2H]C([2H])([2H])[C@@H]1C([2H])([2H])C([2H])([2H])N(C(=O)C[N+]#[C-])C([2H])([2H])[C@]1([2H])N(c1ncnc2[nH]ccc12)C([2H])([2H])[2H].[2H]c1c(C)[nH]c2ncnc(N(C)[C@@H]3[C@H](C([2H])([2H])[2H])C([2H])([2H])C([2H])([2H])N(C(=O)C[N+]#[C-])C3([2H])[2H])c12. The fourth-order valence-corrected chi connectivity index (χ4v) is 6.34. The van der Waals surface area contributed by atoms with E-state index in [1.807, 2.05) is 0 Å². The van der Waals surface area contributed by atoms with Crippen LogP contribution in [0, 0.1) is 44.4 Å². The minimum Gasteiger partial charge on any atom is -0.354 e. The number of nitrogens with one attached hydrogen (secondary N) is 3. The smallest absolute Gasteiger partial charge is 0.302 e. The number of anilines is 3. The summed E-state index contributed by atoms with van der Waals surface area (Å²) in [5.74, 6) is -15.7. The first-order valence-electron chi connectivity index (χ1n) is 38.4. The van der Waals surface area contributed by atoms with Gasteiger partial charge in [-0.05, 0) is 61.9 Å². The van der Waals surface area contributed by atoms with Crippen LogP contribution in [0.1, 0.15) is 96.1 Å². The van der Waals surface area contributed by atoms with Crippen LogP contribution < -0.4 is 14.7 Å². The number of nitrogens with zero attached hydrogens (tertiary/aromatic N) is 15. The monoisotopic (exact) mass is 988 g/mol. The standard InChI is InChI=1S/C17H22N6O.2C16H20N6O/c1-11-5-6-23(15(24)8-18-3)9-14(11)22(4)17-13-7-12(2)21-16(13)19-10-20-17;2*1-11-5-7-22(14(23)8-17-2)9-13(11)21(3)16-12-4-6-18-15(12)19-10-20-16/h7,10-11,14H,5-6,8-9H2,1-2,4H3,(H,19,20,21);2*4,6,10-11,13H,5,7-9H2,1,3H3,(H,18,19,20)/t11-,14+;2*11-,13+/m111/s1/i1D3,5D2,6D2,7D,9D2;1D3,3D3,5D2,7D2,9D2,11D,13D;1D3,3D3,5D2,7D2,9D2,13D. The normalized spacial score (nSPS) is 39.4. The quantitative estimate of drug-likeness (QED) is 0.164. The summed E-state index contributed by atoms with van der Waals surface area (Å²) in [6.45, 7) is -21.2. The third kappa shape index (κ3) is 11.0. The van der Waals surface area contributed by atoms with Gasteiger partial charge in [-0.3, -0.25) is 14.4 Å². The number of carbonyl (C=O) groups is 3. The van der Waals surface area contributed by atoms with E-state index in [1.165, 1.54) is 31.6 Å². The third-order valence-electron chi connectivity index (χ3n) is 9.62. The minimum absolute atomic E-state index is 0.0101. The van der Waals surface area contributed by atoms with E-state index in [4.69, 9.17) is 67.7 Å². The van der Waals surface area contributed by atoms with Gasteiger partial charge in [0, 0.05) is 116 Å². The average Bonchev–Trinajstić information content (AvgIpc) is 0.952. The number of hydrogen-bond acceptors (Lipinski definition) is 12. The van der Waals surface area contributed by atoms with E-state index in [2.05, 4.69) is 59.4 Å². The lowest BCUT2D eigenvalue weighted by Crippen LogP contribution is -2.53. The topological polar surface area (TPSA) is 208 Å². The minimum atomic E-state index is -4.23. The number of likely N-dealkylation sites (tertiary alicyclic amines) is 3. The Morgan fingerprint density at radius 3 is 1.70 bits per heavy atom. The fraction of sp³-hybridized carbons (Fsp3) is 0.510. The van der Waals surface area contributed by atoms with Crippen molar-refractivity contribution >= 4 is 68.3 Å². The van der Waals surface area contributed by atoms with Gasteiger partial charge < -0.3 is 58.9 Å². The molecule has 3 amide bonds. The lowest BCUT2D eigenvalue weighted by molar-refractivity contribution is -0.131. The van der Waals surface area contributed by atoms with Gasteiger partial charge in [-0.15, -0.1) is 0 Å². The summed E-state index contributed by atoms with van der Waals surface area (Å²) in [7, 11) is 1.24. The number of hydrogen-bond donors (Lipinski definition) is 3. The predicted molar refractivity (Wildman–Crippen MR) is 268 cm³/mol. The van der Waals surface area contributed by atoms with Crippen molar-refractivity contribution in [3.63, 3.8) is 0 Å². The van der Waals surface area contributed by atoms with E-state index in [9.17, 15) is 17.1 Å². The highest BCUT2D eigenvalue weighted by Gasteiger charge is 2.36. The number of aryl methyl sites for hydroxylation is 1. The highest BCUT2D eigenvalue weighted by Crippen LogP contribution is 2.32. The average molecular weight is 988 g/mol. The van der Waals surface area contributed by atoms with Crippen molar-refractivity contribution in [2.24, 2.45) is 17.7 Å². The van der Waals surface area contributed by atoms with Crippen molar-refractivity contribution in [1.82, 2.24) is 59.6 Å². The van der Waals surface area contributed by atoms with Gasteiger partial charge in [-0.2, -0.15) is 0 Å². The van der Waals surface area contributed by atoms with Crippen molar-refractivity contribution in [2.75, 3.05) is 94.3 Å². The van der Waals surface area contributed by atoms with Gasteiger partial charge in [0.1, 0.15) is 53.4 Å². The maximum absolute atomic E-state index is 12.8. The van der Waals surface area contributed by atoms with Crippen molar-refractivity contribution in [2.45, 2.75) is 64.7 Å². The Morgan fingerprint density at radius 1 is 0.686 bits per heavy atom. The summed E-state index contributed by atoms with van der Waals surface area (Å²) in [4.78, 5) is 78.2. The molecule has 6 atom stereocenters. The molecule has 9 heterocycles.